The van der Waals surface area contributed by atoms with E-state index in [2.05, 4.69) is 35.3 Å². The molecule has 2 rings (SSSR count). The molecule has 0 saturated carbocycles. The molecule has 6 nitrogen and oxygen atoms in total. The van der Waals surface area contributed by atoms with Gasteiger partial charge in [0, 0.05) is 25.7 Å². The van der Waals surface area contributed by atoms with Gasteiger partial charge < -0.3 is 9.47 Å². The Labute approximate surface area is 133 Å². The standard InChI is InChI=1S/C16H30N4O2/c1-13(2)20-12-15(17-18-20)11-19-7-5-16(6-8-19)22-10-9-21-14(3)4/h12-14,16H,5-11H2,1-4H3. The van der Waals surface area contributed by atoms with Gasteiger partial charge >= 0.3 is 0 Å². The van der Waals surface area contributed by atoms with Crippen molar-refractivity contribution >= 4 is 0 Å². The minimum atomic E-state index is 0.282. The Kier molecular flexibility index (Phi) is 6.79. The highest BCUT2D eigenvalue weighted by Crippen LogP contribution is 2.16. The van der Waals surface area contributed by atoms with Gasteiger partial charge in [0.15, 0.2) is 0 Å². The van der Waals surface area contributed by atoms with Crippen LogP contribution in [0.5, 0.6) is 0 Å². The van der Waals surface area contributed by atoms with E-state index in [0.717, 1.165) is 38.2 Å². The third-order valence-corrected chi connectivity index (χ3v) is 3.90. The van der Waals surface area contributed by atoms with E-state index in [-0.39, 0.29) is 6.10 Å². The molecule has 1 fully saturated rings. The Balaban J connectivity index is 1.64. The molecule has 0 N–H and O–H groups in total. The lowest BCUT2D eigenvalue weighted by Gasteiger charge is -2.31. The van der Waals surface area contributed by atoms with Gasteiger partial charge in [0.25, 0.3) is 0 Å². The number of piperidine rings is 1. The first-order valence-corrected chi connectivity index (χ1v) is 8.41. The number of hydrogen-bond donors (Lipinski definition) is 0. The average Bonchev–Trinajstić information content (AvgIpc) is 2.94. The van der Waals surface area contributed by atoms with Crippen molar-refractivity contribution in [3.8, 4) is 0 Å². The molecule has 0 unspecified atom stereocenters. The fourth-order valence-corrected chi connectivity index (χ4v) is 2.60. The molecule has 126 valence electrons. The molecule has 1 aromatic rings. The van der Waals surface area contributed by atoms with Crippen LogP contribution in [0.25, 0.3) is 0 Å². The maximum Gasteiger partial charge on any atom is 0.0967 e. The van der Waals surface area contributed by atoms with Gasteiger partial charge in [-0.1, -0.05) is 5.21 Å². The quantitative estimate of drug-likeness (QED) is 0.689. The summed E-state index contributed by atoms with van der Waals surface area (Å²) in [5.74, 6) is 0. The first-order chi connectivity index (χ1) is 10.5. The Morgan fingerprint density at radius 1 is 1.18 bits per heavy atom. The maximum atomic E-state index is 5.88. The van der Waals surface area contributed by atoms with Crippen LogP contribution in [0.4, 0.5) is 0 Å². The smallest absolute Gasteiger partial charge is 0.0967 e. The summed E-state index contributed by atoms with van der Waals surface area (Å²) in [5.41, 5.74) is 1.05. The summed E-state index contributed by atoms with van der Waals surface area (Å²) in [6, 6.07) is 0.369. The van der Waals surface area contributed by atoms with Crippen LogP contribution >= 0.6 is 0 Å². The monoisotopic (exact) mass is 310 g/mol. The zero-order chi connectivity index (χ0) is 15.9. The van der Waals surface area contributed by atoms with Crippen molar-refractivity contribution in [2.75, 3.05) is 26.3 Å². The second kappa shape index (κ2) is 8.60. The van der Waals surface area contributed by atoms with Crippen LogP contribution in [0.3, 0.4) is 0 Å². The Morgan fingerprint density at radius 3 is 2.50 bits per heavy atom. The average molecular weight is 310 g/mol. The molecule has 22 heavy (non-hydrogen) atoms. The molecule has 1 saturated heterocycles. The van der Waals surface area contributed by atoms with E-state index in [4.69, 9.17) is 9.47 Å². The first-order valence-electron chi connectivity index (χ1n) is 8.41. The van der Waals surface area contributed by atoms with Gasteiger partial charge in [-0.15, -0.1) is 5.10 Å². The zero-order valence-electron chi connectivity index (χ0n) is 14.4. The molecule has 2 heterocycles. The lowest BCUT2D eigenvalue weighted by Crippen LogP contribution is -2.37. The fourth-order valence-electron chi connectivity index (χ4n) is 2.60. The van der Waals surface area contributed by atoms with Crippen LogP contribution in [0, 0.1) is 0 Å². The van der Waals surface area contributed by atoms with Crippen LogP contribution in [0.2, 0.25) is 0 Å². The van der Waals surface area contributed by atoms with Gasteiger partial charge in [0.2, 0.25) is 0 Å². The molecule has 0 aromatic carbocycles. The summed E-state index contributed by atoms with van der Waals surface area (Å²) in [4.78, 5) is 2.43. The van der Waals surface area contributed by atoms with Crippen LogP contribution in [0.1, 0.15) is 52.3 Å². The largest absolute Gasteiger partial charge is 0.376 e. The van der Waals surface area contributed by atoms with Crippen molar-refractivity contribution < 1.29 is 9.47 Å². The molecule has 6 heteroatoms. The van der Waals surface area contributed by atoms with E-state index >= 15 is 0 Å². The Bertz CT molecular complexity index is 426. The zero-order valence-corrected chi connectivity index (χ0v) is 14.4. The van der Waals surface area contributed by atoms with Crippen molar-refractivity contribution in [3.05, 3.63) is 11.9 Å². The van der Waals surface area contributed by atoms with Gasteiger partial charge in [-0.3, -0.25) is 4.90 Å². The normalized spacial score (nSPS) is 17.7. The molecule has 0 spiro atoms. The SMILES string of the molecule is CC(C)OCCOC1CCN(Cc2cn(C(C)C)nn2)CC1. The molecule has 0 atom stereocenters. The van der Waals surface area contributed by atoms with Crippen LogP contribution < -0.4 is 0 Å². The molecule has 1 aliphatic rings. The fraction of sp³-hybridized carbons (Fsp3) is 0.875. The summed E-state index contributed by atoms with van der Waals surface area (Å²) < 4.78 is 13.3. The molecule has 0 amide bonds. The van der Waals surface area contributed by atoms with E-state index in [0.29, 0.717) is 25.4 Å². The molecule has 1 aliphatic heterocycles. The molecule has 0 bridgehead atoms. The number of aromatic nitrogens is 3. The number of nitrogens with zero attached hydrogens (tertiary/aromatic N) is 4. The minimum absolute atomic E-state index is 0.282. The van der Waals surface area contributed by atoms with Crippen molar-refractivity contribution in [2.24, 2.45) is 0 Å². The second-order valence-electron chi connectivity index (χ2n) is 6.55. The van der Waals surface area contributed by atoms with Crippen molar-refractivity contribution in [1.29, 1.82) is 0 Å². The highest BCUT2D eigenvalue weighted by atomic mass is 16.5. The van der Waals surface area contributed by atoms with E-state index in [1.807, 2.05) is 18.5 Å². The van der Waals surface area contributed by atoms with Gasteiger partial charge in [-0.05, 0) is 40.5 Å². The molecule has 1 aromatic heterocycles. The Hall–Kier alpha value is -0.980. The highest BCUT2D eigenvalue weighted by molar-refractivity contribution is 4.93. The minimum Gasteiger partial charge on any atom is -0.376 e. The summed E-state index contributed by atoms with van der Waals surface area (Å²) >= 11 is 0. The summed E-state index contributed by atoms with van der Waals surface area (Å²) in [6.07, 6.45) is 4.87. The molecular weight excluding hydrogens is 280 g/mol. The third-order valence-electron chi connectivity index (χ3n) is 3.90. The molecular formula is C16H30N4O2. The van der Waals surface area contributed by atoms with Crippen LogP contribution in [-0.4, -0.2) is 58.4 Å². The summed E-state index contributed by atoms with van der Waals surface area (Å²) in [7, 11) is 0. The number of rotatable bonds is 8. The number of ether oxygens (including phenoxy) is 2. The van der Waals surface area contributed by atoms with Crippen molar-refractivity contribution in [3.63, 3.8) is 0 Å². The summed E-state index contributed by atoms with van der Waals surface area (Å²) in [6.45, 7) is 12.7. The lowest BCUT2D eigenvalue weighted by atomic mass is 10.1. The van der Waals surface area contributed by atoms with Gasteiger partial charge in [-0.2, -0.15) is 0 Å². The van der Waals surface area contributed by atoms with Gasteiger partial charge in [-0.25, -0.2) is 4.68 Å². The van der Waals surface area contributed by atoms with Crippen LogP contribution in [-0.2, 0) is 16.0 Å². The van der Waals surface area contributed by atoms with E-state index < -0.39 is 0 Å². The molecule has 0 aliphatic carbocycles. The predicted octanol–water partition coefficient (Wildman–Crippen LogP) is 2.26. The molecule has 0 radical (unpaired) electrons. The van der Waals surface area contributed by atoms with Gasteiger partial charge in [0.1, 0.15) is 0 Å². The first kappa shape index (κ1) is 17.4. The maximum absolute atomic E-state index is 5.88. The van der Waals surface area contributed by atoms with Crippen molar-refractivity contribution in [2.45, 2.75) is 65.3 Å². The van der Waals surface area contributed by atoms with Gasteiger partial charge in [0.05, 0.1) is 37.3 Å². The third kappa shape index (κ3) is 5.66. The second-order valence-corrected chi connectivity index (χ2v) is 6.55. The van der Waals surface area contributed by atoms with E-state index in [1.165, 1.54) is 0 Å². The topological polar surface area (TPSA) is 52.4 Å². The number of likely N-dealkylation sites (tertiary alicyclic amines) is 1. The van der Waals surface area contributed by atoms with Crippen LogP contribution in [0.15, 0.2) is 6.20 Å². The summed E-state index contributed by atoms with van der Waals surface area (Å²) in [5, 5.41) is 8.41. The lowest BCUT2D eigenvalue weighted by molar-refractivity contribution is -0.0344. The Morgan fingerprint density at radius 2 is 1.91 bits per heavy atom. The van der Waals surface area contributed by atoms with E-state index in [1.54, 1.807) is 0 Å². The van der Waals surface area contributed by atoms with Crippen molar-refractivity contribution in [1.82, 2.24) is 19.9 Å². The number of hydrogen-bond acceptors (Lipinski definition) is 5. The highest BCUT2D eigenvalue weighted by Gasteiger charge is 2.20. The van der Waals surface area contributed by atoms with E-state index in [9.17, 15) is 0 Å². The predicted molar refractivity (Wildman–Crippen MR) is 85.7 cm³/mol.